The lowest BCUT2D eigenvalue weighted by atomic mass is 10.1. The monoisotopic (exact) mass is 281 g/mol. The van der Waals surface area contributed by atoms with Crippen LogP contribution in [0.1, 0.15) is 18.4 Å². The van der Waals surface area contributed by atoms with Crippen LogP contribution in [-0.4, -0.2) is 35.7 Å². The summed E-state index contributed by atoms with van der Waals surface area (Å²) in [6, 6.07) is 4.58. The molecule has 0 saturated carbocycles. The fourth-order valence-corrected chi connectivity index (χ4v) is 2.15. The van der Waals surface area contributed by atoms with Gasteiger partial charge in [0.05, 0.1) is 0 Å². The van der Waals surface area contributed by atoms with Crippen LogP contribution >= 0.6 is 0 Å². The zero-order valence-electron chi connectivity index (χ0n) is 10.8. The fraction of sp³-hybridized carbons (Fsp3) is 0.429. The number of carbonyl (C=O) groups is 2. The minimum atomic E-state index is -1.15. The minimum Gasteiger partial charge on any atom is -0.480 e. The van der Waals surface area contributed by atoms with Crippen LogP contribution in [0.15, 0.2) is 24.3 Å². The topological polar surface area (TPSA) is 75.6 Å². The molecule has 0 aliphatic carbocycles. The van der Waals surface area contributed by atoms with E-state index in [1.54, 1.807) is 6.07 Å². The quantitative estimate of drug-likeness (QED) is 0.848. The predicted molar refractivity (Wildman–Crippen MR) is 68.6 cm³/mol. The lowest BCUT2D eigenvalue weighted by molar-refractivity contribution is -0.143. The molecule has 0 spiro atoms. The van der Waals surface area contributed by atoms with Gasteiger partial charge in [0.2, 0.25) is 5.91 Å². The number of benzene rings is 1. The summed E-state index contributed by atoms with van der Waals surface area (Å²) in [7, 11) is 0. The highest BCUT2D eigenvalue weighted by molar-refractivity contribution is 5.86. The Balaban J connectivity index is 2.00. The molecule has 1 aromatic carbocycles. The maximum absolute atomic E-state index is 13.1. The first-order valence-electron chi connectivity index (χ1n) is 6.45. The van der Waals surface area contributed by atoms with Gasteiger partial charge < -0.3 is 15.2 Å². The first-order chi connectivity index (χ1) is 9.56. The van der Waals surface area contributed by atoms with Gasteiger partial charge in [0.15, 0.2) is 0 Å². The molecule has 1 aromatic rings. The van der Waals surface area contributed by atoms with Crippen molar-refractivity contribution in [2.45, 2.75) is 31.4 Å². The number of hydrogen-bond donors (Lipinski definition) is 2. The average Bonchev–Trinajstić information content (AvgIpc) is 2.91. The number of amides is 1. The highest BCUT2D eigenvalue weighted by Crippen LogP contribution is 2.13. The first-order valence-corrected chi connectivity index (χ1v) is 6.45. The molecule has 5 nitrogen and oxygen atoms in total. The molecular formula is C14H16FNO4. The van der Waals surface area contributed by atoms with Crippen molar-refractivity contribution < 1.29 is 23.8 Å². The second-order valence-electron chi connectivity index (χ2n) is 4.74. The van der Waals surface area contributed by atoms with E-state index in [4.69, 9.17) is 9.84 Å². The van der Waals surface area contributed by atoms with Crippen LogP contribution in [0.4, 0.5) is 4.39 Å². The van der Waals surface area contributed by atoms with E-state index in [0.717, 1.165) is 6.42 Å². The Morgan fingerprint density at radius 3 is 2.90 bits per heavy atom. The molecule has 1 heterocycles. The van der Waals surface area contributed by atoms with Crippen molar-refractivity contribution >= 4 is 11.9 Å². The van der Waals surface area contributed by atoms with Gasteiger partial charge >= 0.3 is 5.97 Å². The van der Waals surface area contributed by atoms with Gasteiger partial charge in [-0.05, 0) is 30.5 Å². The third-order valence-electron chi connectivity index (χ3n) is 3.17. The van der Waals surface area contributed by atoms with E-state index in [0.29, 0.717) is 18.6 Å². The number of hydrogen-bond acceptors (Lipinski definition) is 3. The Morgan fingerprint density at radius 1 is 1.50 bits per heavy atom. The Hall–Kier alpha value is -1.95. The van der Waals surface area contributed by atoms with Crippen LogP contribution in [-0.2, 0) is 20.7 Å². The molecule has 0 bridgehead atoms. The number of carboxylic acid groups (broad SMARTS) is 1. The van der Waals surface area contributed by atoms with E-state index in [-0.39, 0.29) is 6.42 Å². The fourth-order valence-electron chi connectivity index (χ4n) is 2.15. The molecule has 108 valence electrons. The van der Waals surface area contributed by atoms with Crippen molar-refractivity contribution in [1.29, 1.82) is 0 Å². The van der Waals surface area contributed by atoms with Crippen LogP contribution in [0.2, 0.25) is 0 Å². The van der Waals surface area contributed by atoms with E-state index >= 15 is 0 Å². The zero-order chi connectivity index (χ0) is 14.5. The zero-order valence-corrected chi connectivity index (χ0v) is 10.8. The number of halogens is 1. The molecule has 0 aromatic heterocycles. The molecule has 1 fully saturated rings. The molecule has 6 heteroatoms. The van der Waals surface area contributed by atoms with Crippen molar-refractivity contribution in [3.8, 4) is 0 Å². The number of ether oxygens (including phenoxy) is 1. The minimum absolute atomic E-state index is 0.0333. The Bertz CT molecular complexity index is 500. The molecule has 0 unspecified atom stereocenters. The largest absolute Gasteiger partial charge is 0.480 e. The van der Waals surface area contributed by atoms with Gasteiger partial charge in [-0.1, -0.05) is 12.1 Å². The van der Waals surface area contributed by atoms with E-state index in [1.165, 1.54) is 18.2 Å². The molecule has 2 rings (SSSR count). The molecule has 2 atom stereocenters. The maximum Gasteiger partial charge on any atom is 0.326 e. The molecule has 20 heavy (non-hydrogen) atoms. The van der Waals surface area contributed by atoms with Crippen molar-refractivity contribution in [3.63, 3.8) is 0 Å². The van der Waals surface area contributed by atoms with Crippen molar-refractivity contribution in [2.75, 3.05) is 6.61 Å². The van der Waals surface area contributed by atoms with E-state index in [9.17, 15) is 14.0 Å². The van der Waals surface area contributed by atoms with E-state index in [1.807, 2.05) is 0 Å². The van der Waals surface area contributed by atoms with Crippen LogP contribution in [0.25, 0.3) is 0 Å². The second kappa shape index (κ2) is 6.47. The number of rotatable bonds is 5. The molecule has 1 aliphatic rings. The van der Waals surface area contributed by atoms with Crippen molar-refractivity contribution in [2.24, 2.45) is 0 Å². The molecule has 1 saturated heterocycles. The number of carboxylic acids is 1. The van der Waals surface area contributed by atoms with E-state index in [2.05, 4.69) is 5.32 Å². The second-order valence-corrected chi connectivity index (χ2v) is 4.74. The van der Waals surface area contributed by atoms with Gasteiger partial charge in [-0.15, -0.1) is 0 Å². The average molecular weight is 281 g/mol. The van der Waals surface area contributed by atoms with E-state index < -0.39 is 29.8 Å². The van der Waals surface area contributed by atoms with Crippen molar-refractivity contribution in [1.82, 2.24) is 5.32 Å². The standard InChI is InChI=1S/C14H16FNO4/c15-10-4-1-3-9(7-10)8-11(14(18)19)16-13(17)12-5-2-6-20-12/h1,3-4,7,11-12H,2,5-6,8H2,(H,16,17)(H,18,19)/t11-,12-/m0/s1. The summed E-state index contributed by atoms with van der Waals surface area (Å²) in [5, 5.41) is 11.6. The number of nitrogens with one attached hydrogen (secondary N) is 1. The van der Waals surface area contributed by atoms with Crippen molar-refractivity contribution in [3.05, 3.63) is 35.6 Å². The normalized spacial score (nSPS) is 19.6. The van der Waals surface area contributed by atoms with Gasteiger partial charge in [0.25, 0.3) is 0 Å². The smallest absolute Gasteiger partial charge is 0.326 e. The molecule has 2 N–H and O–H groups in total. The van der Waals surface area contributed by atoms with Crippen LogP contribution < -0.4 is 5.32 Å². The summed E-state index contributed by atoms with van der Waals surface area (Å²) < 4.78 is 18.3. The van der Waals surface area contributed by atoms with Crippen LogP contribution in [0, 0.1) is 5.82 Å². The first kappa shape index (κ1) is 14.5. The van der Waals surface area contributed by atoms with Gasteiger partial charge in [-0.25, -0.2) is 9.18 Å². The third-order valence-corrected chi connectivity index (χ3v) is 3.17. The molecule has 1 amide bonds. The van der Waals surface area contributed by atoms with Gasteiger partial charge in [-0.3, -0.25) is 4.79 Å². The maximum atomic E-state index is 13.1. The summed E-state index contributed by atoms with van der Waals surface area (Å²) in [5.74, 6) is -2.01. The lowest BCUT2D eigenvalue weighted by Crippen LogP contribution is -2.46. The highest BCUT2D eigenvalue weighted by Gasteiger charge is 2.28. The van der Waals surface area contributed by atoms with Crippen LogP contribution in [0.3, 0.4) is 0 Å². The summed E-state index contributed by atoms with van der Waals surface area (Å²) in [6.45, 7) is 0.514. The number of aliphatic carboxylic acids is 1. The molecular weight excluding hydrogens is 265 g/mol. The Kier molecular flexibility index (Phi) is 4.68. The Labute approximate surface area is 115 Å². The summed E-state index contributed by atoms with van der Waals surface area (Å²) in [4.78, 5) is 23.0. The SMILES string of the molecule is O=C(O)[C@H](Cc1cccc(F)c1)NC(=O)[C@@H]1CCCO1. The van der Waals surface area contributed by atoms with Crippen LogP contribution in [0.5, 0.6) is 0 Å². The van der Waals surface area contributed by atoms with Gasteiger partial charge in [-0.2, -0.15) is 0 Å². The van der Waals surface area contributed by atoms with Gasteiger partial charge in [0, 0.05) is 13.0 Å². The summed E-state index contributed by atoms with van der Waals surface area (Å²) in [6.07, 6.45) is 0.841. The Morgan fingerprint density at radius 2 is 2.30 bits per heavy atom. The number of carbonyl (C=O) groups excluding carboxylic acids is 1. The summed E-state index contributed by atoms with van der Waals surface area (Å²) >= 11 is 0. The molecule has 0 radical (unpaired) electrons. The predicted octanol–water partition coefficient (Wildman–Crippen LogP) is 1.12. The van der Waals surface area contributed by atoms with Gasteiger partial charge in [0.1, 0.15) is 18.0 Å². The lowest BCUT2D eigenvalue weighted by Gasteiger charge is -2.17. The highest BCUT2D eigenvalue weighted by atomic mass is 19.1. The molecule has 1 aliphatic heterocycles. The summed E-state index contributed by atoms with van der Waals surface area (Å²) in [5.41, 5.74) is 0.519. The third kappa shape index (κ3) is 3.77.